The Balaban J connectivity index is 2.12. The van der Waals surface area contributed by atoms with Crippen molar-refractivity contribution in [1.82, 2.24) is 15.2 Å². The van der Waals surface area contributed by atoms with Crippen LogP contribution < -0.4 is 5.32 Å². The zero-order chi connectivity index (χ0) is 26.8. The van der Waals surface area contributed by atoms with E-state index >= 15 is 0 Å². The van der Waals surface area contributed by atoms with Crippen LogP contribution in [0, 0.1) is 11.8 Å². The summed E-state index contributed by atoms with van der Waals surface area (Å²) in [5, 5.41) is 4.05. The van der Waals surface area contributed by atoms with E-state index in [4.69, 9.17) is 4.98 Å². The molecule has 2 rings (SSSR count). The van der Waals surface area contributed by atoms with Crippen LogP contribution in [0.25, 0.3) is 10.2 Å². The Morgan fingerprint density at radius 1 is 1.17 bits per heavy atom. The highest BCUT2D eigenvalue weighted by molar-refractivity contribution is 7.18. The van der Waals surface area contributed by atoms with Crippen LogP contribution in [0.4, 0.5) is 0 Å². The van der Waals surface area contributed by atoms with Gasteiger partial charge in [0, 0.05) is 31.8 Å². The number of hydrogen-bond acceptors (Lipinski definition) is 6. The molecule has 3 atom stereocenters. The molecule has 1 N–H and O–H groups in total. The molecule has 1 aromatic carbocycles. The first-order valence-electron chi connectivity index (χ1n) is 13.0. The highest BCUT2D eigenvalue weighted by Gasteiger charge is 2.27. The molecule has 198 valence electrons. The lowest BCUT2D eigenvalue weighted by Crippen LogP contribution is -2.43. The SMILES string of the molecule is CC[C@H](C)[C@@H](CCC(=O)/C=C/CN(C)C)NC(=O)[C@@H](CC(C)=O)Cc1nc2ccc(C(C)C)cc2s1. The van der Waals surface area contributed by atoms with E-state index in [1.807, 2.05) is 31.1 Å². The summed E-state index contributed by atoms with van der Waals surface area (Å²) in [7, 11) is 3.91. The molecule has 0 fully saturated rings. The lowest BCUT2D eigenvalue weighted by molar-refractivity contribution is -0.129. The maximum absolute atomic E-state index is 13.4. The molecule has 36 heavy (non-hydrogen) atoms. The molecular formula is C29H43N3O3S. The molecule has 1 aromatic heterocycles. The predicted octanol–water partition coefficient (Wildman–Crippen LogP) is 5.56. The van der Waals surface area contributed by atoms with Gasteiger partial charge in [0.15, 0.2) is 5.78 Å². The average molecular weight is 514 g/mol. The number of nitrogens with zero attached hydrogens (tertiary/aromatic N) is 2. The first-order valence-corrected chi connectivity index (χ1v) is 13.8. The van der Waals surface area contributed by atoms with E-state index in [0.29, 0.717) is 31.7 Å². The molecular weight excluding hydrogens is 470 g/mol. The van der Waals surface area contributed by atoms with Crippen LogP contribution in [-0.2, 0) is 20.8 Å². The highest BCUT2D eigenvalue weighted by atomic mass is 32.1. The third-order valence-electron chi connectivity index (χ3n) is 6.58. The summed E-state index contributed by atoms with van der Waals surface area (Å²) in [6.07, 6.45) is 5.96. The second-order valence-corrected chi connectivity index (χ2v) is 11.6. The molecule has 0 unspecified atom stereocenters. The Hall–Kier alpha value is -2.38. The lowest BCUT2D eigenvalue weighted by atomic mass is 9.92. The van der Waals surface area contributed by atoms with Gasteiger partial charge >= 0.3 is 0 Å². The van der Waals surface area contributed by atoms with Crippen molar-refractivity contribution < 1.29 is 14.4 Å². The molecule has 6 nitrogen and oxygen atoms in total. The molecule has 0 aliphatic carbocycles. The maximum atomic E-state index is 13.4. The number of benzene rings is 1. The van der Waals surface area contributed by atoms with E-state index < -0.39 is 5.92 Å². The number of rotatable bonds is 15. The quantitative estimate of drug-likeness (QED) is 0.316. The number of thiazole rings is 1. The van der Waals surface area contributed by atoms with Crippen molar-refractivity contribution >= 4 is 39.0 Å². The number of allylic oxidation sites excluding steroid dienone is 1. The largest absolute Gasteiger partial charge is 0.353 e. The first kappa shape index (κ1) is 29.8. The van der Waals surface area contributed by atoms with E-state index in [2.05, 4.69) is 45.1 Å². The first-order chi connectivity index (χ1) is 17.0. The van der Waals surface area contributed by atoms with Crippen LogP contribution in [0.1, 0.15) is 76.8 Å². The minimum atomic E-state index is -0.477. The Morgan fingerprint density at radius 2 is 1.89 bits per heavy atom. The number of likely N-dealkylation sites (N-methyl/N-ethyl adjacent to an activating group) is 1. The van der Waals surface area contributed by atoms with Crippen LogP contribution >= 0.6 is 11.3 Å². The molecule has 1 heterocycles. The molecule has 0 radical (unpaired) electrons. The zero-order valence-electron chi connectivity index (χ0n) is 23.0. The number of Topliss-reactive ketones (excluding diaryl/α,β-unsaturated/α-hetero) is 1. The van der Waals surface area contributed by atoms with Crippen LogP contribution in [0.15, 0.2) is 30.4 Å². The van der Waals surface area contributed by atoms with Crippen molar-refractivity contribution in [1.29, 1.82) is 0 Å². The van der Waals surface area contributed by atoms with Crippen LogP contribution in [0.5, 0.6) is 0 Å². The minimum absolute atomic E-state index is 0.0142. The van der Waals surface area contributed by atoms with Gasteiger partial charge < -0.3 is 15.0 Å². The summed E-state index contributed by atoms with van der Waals surface area (Å²) >= 11 is 1.60. The highest BCUT2D eigenvalue weighted by Crippen LogP contribution is 2.28. The molecule has 7 heteroatoms. The van der Waals surface area contributed by atoms with Crippen LogP contribution in [0.2, 0.25) is 0 Å². The van der Waals surface area contributed by atoms with Gasteiger partial charge in [-0.15, -0.1) is 11.3 Å². The molecule has 0 bridgehead atoms. The topological polar surface area (TPSA) is 79.4 Å². The molecule has 0 saturated carbocycles. The third kappa shape index (κ3) is 9.58. The van der Waals surface area contributed by atoms with Gasteiger partial charge in [-0.3, -0.25) is 9.59 Å². The summed E-state index contributed by atoms with van der Waals surface area (Å²) in [4.78, 5) is 44.5. The monoisotopic (exact) mass is 513 g/mol. The van der Waals surface area contributed by atoms with E-state index in [-0.39, 0.29) is 35.9 Å². The fourth-order valence-corrected chi connectivity index (χ4v) is 5.21. The van der Waals surface area contributed by atoms with Crippen LogP contribution in [-0.4, -0.2) is 54.0 Å². The van der Waals surface area contributed by atoms with Gasteiger partial charge in [0.1, 0.15) is 5.78 Å². The molecule has 0 aliphatic heterocycles. The van der Waals surface area contributed by atoms with Gasteiger partial charge in [0.05, 0.1) is 21.1 Å². The summed E-state index contributed by atoms with van der Waals surface area (Å²) in [6, 6.07) is 6.19. The molecule has 2 aromatic rings. The van der Waals surface area contributed by atoms with E-state index in [1.165, 1.54) is 12.5 Å². The standard InChI is InChI=1S/C29H43N3O3S/c1-8-20(4)25(14-12-24(34)10-9-15-32(6)7)31-29(35)23(16-21(5)33)18-28-30-26-13-11-22(19(2)3)17-27(26)36-28/h9-11,13,17,19-20,23,25H,8,12,14-16,18H2,1-7H3,(H,31,35)/b10-9+/t20-,23-,25+/m0/s1. The van der Waals surface area contributed by atoms with Crippen molar-refractivity contribution in [3.8, 4) is 0 Å². The second-order valence-electron chi connectivity index (χ2n) is 10.5. The number of carbonyl (C=O) groups excluding carboxylic acids is 3. The van der Waals surface area contributed by atoms with Crippen molar-refractivity contribution in [2.45, 2.75) is 78.7 Å². The Labute approximate surface area is 220 Å². The second kappa shape index (κ2) is 14.4. The normalized spacial score (nSPS) is 14.5. The average Bonchev–Trinajstić information content (AvgIpc) is 3.21. The van der Waals surface area contributed by atoms with Gasteiger partial charge in [-0.2, -0.15) is 0 Å². The third-order valence-corrected chi connectivity index (χ3v) is 7.62. The van der Waals surface area contributed by atoms with Gasteiger partial charge in [-0.25, -0.2) is 4.98 Å². The summed E-state index contributed by atoms with van der Waals surface area (Å²) in [6.45, 7) is 10.8. The molecule has 0 saturated heterocycles. The maximum Gasteiger partial charge on any atom is 0.224 e. The molecule has 1 amide bonds. The Kier molecular flexibility index (Phi) is 11.9. The number of carbonyl (C=O) groups is 3. The summed E-state index contributed by atoms with van der Waals surface area (Å²) in [5.74, 6) is 0.101. The number of nitrogens with one attached hydrogen (secondary N) is 1. The van der Waals surface area contributed by atoms with Crippen molar-refractivity contribution in [3.63, 3.8) is 0 Å². The Bertz CT molecular complexity index is 1060. The van der Waals surface area contributed by atoms with Crippen molar-refractivity contribution in [3.05, 3.63) is 40.9 Å². The van der Waals surface area contributed by atoms with Gasteiger partial charge in [-0.1, -0.05) is 46.3 Å². The number of aromatic nitrogens is 1. The van der Waals surface area contributed by atoms with E-state index in [0.717, 1.165) is 21.6 Å². The van der Waals surface area contributed by atoms with E-state index in [9.17, 15) is 14.4 Å². The number of ketones is 2. The Morgan fingerprint density at radius 3 is 2.50 bits per heavy atom. The van der Waals surface area contributed by atoms with Gasteiger partial charge in [0.2, 0.25) is 5.91 Å². The van der Waals surface area contributed by atoms with E-state index in [1.54, 1.807) is 17.4 Å². The molecule has 0 spiro atoms. The van der Waals surface area contributed by atoms with Crippen molar-refractivity contribution in [2.75, 3.05) is 20.6 Å². The fourth-order valence-electron chi connectivity index (χ4n) is 4.11. The zero-order valence-corrected chi connectivity index (χ0v) is 23.8. The van der Waals surface area contributed by atoms with Crippen LogP contribution in [0.3, 0.4) is 0 Å². The smallest absolute Gasteiger partial charge is 0.224 e. The summed E-state index contributed by atoms with van der Waals surface area (Å²) < 4.78 is 1.11. The number of amides is 1. The fraction of sp³-hybridized carbons (Fsp3) is 0.586. The summed E-state index contributed by atoms with van der Waals surface area (Å²) in [5.41, 5.74) is 2.19. The lowest BCUT2D eigenvalue weighted by Gasteiger charge is -2.26. The molecule has 0 aliphatic rings. The predicted molar refractivity (Wildman–Crippen MR) is 150 cm³/mol. The number of hydrogen-bond donors (Lipinski definition) is 1. The van der Waals surface area contributed by atoms with Gasteiger partial charge in [0.25, 0.3) is 0 Å². The number of fused-ring (bicyclic) bond motifs is 1. The van der Waals surface area contributed by atoms with Crippen molar-refractivity contribution in [2.24, 2.45) is 11.8 Å². The minimum Gasteiger partial charge on any atom is -0.353 e. The van der Waals surface area contributed by atoms with Gasteiger partial charge in [-0.05, 0) is 63.0 Å².